The summed E-state index contributed by atoms with van der Waals surface area (Å²) in [6, 6.07) is 4.38. The van der Waals surface area contributed by atoms with Crippen LogP contribution in [0.1, 0.15) is 6.42 Å². The first-order valence-electron chi connectivity index (χ1n) is 6.97. The van der Waals surface area contributed by atoms with E-state index in [0.717, 1.165) is 0 Å². The molecule has 7 heteroatoms. The number of carbonyl (C=O) groups excluding carboxylic acids is 1. The highest BCUT2D eigenvalue weighted by Gasteiger charge is 2.16. The zero-order valence-corrected chi connectivity index (χ0v) is 11.6. The number of aromatic nitrogens is 2. The fourth-order valence-electron chi connectivity index (χ4n) is 2.32. The number of hydrogen-bond donors (Lipinski definition) is 2. The number of H-pyrrole nitrogens is 1. The maximum absolute atomic E-state index is 13.1. The molecule has 1 aliphatic rings. The molecule has 0 unspecified atom stereocenters. The SMILES string of the molecule is O=C(CCNc1nc2ccc(F)cc2[nH]1)N1CCOCC1. The Kier molecular flexibility index (Phi) is 4.01. The average Bonchev–Trinajstić information content (AvgIpc) is 2.89. The van der Waals surface area contributed by atoms with Gasteiger partial charge in [0.25, 0.3) is 0 Å². The molecule has 0 saturated carbocycles. The topological polar surface area (TPSA) is 70.2 Å². The Morgan fingerprint density at radius 2 is 2.24 bits per heavy atom. The van der Waals surface area contributed by atoms with Crippen molar-refractivity contribution in [3.63, 3.8) is 0 Å². The van der Waals surface area contributed by atoms with E-state index in [1.54, 1.807) is 11.0 Å². The second kappa shape index (κ2) is 6.09. The van der Waals surface area contributed by atoms with Crippen molar-refractivity contribution in [1.29, 1.82) is 0 Å². The van der Waals surface area contributed by atoms with E-state index in [4.69, 9.17) is 4.74 Å². The number of fused-ring (bicyclic) bond motifs is 1. The number of morpholine rings is 1. The van der Waals surface area contributed by atoms with Crippen molar-refractivity contribution in [2.45, 2.75) is 6.42 Å². The normalized spacial score (nSPS) is 15.4. The van der Waals surface area contributed by atoms with Crippen LogP contribution in [-0.2, 0) is 9.53 Å². The quantitative estimate of drug-likeness (QED) is 0.893. The predicted molar refractivity (Wildman–Crippen MR) is 76.6 cm³/mol. The summed E-state index contributed by atoms with van der Waals surface area (Å²) >= 11 is 0. The molecule has 0 bridgehead atoms. The first-order valence-corrected chi connectivity index (χ1v) is 6.97. The van der Waals surface area contributed by atoms with Crippen LogP contribution in [0.5, 0.6) is 0 Å². The molecule has 1 aliphatic heterocycles. The first-order chi connectivity index (χ1) is 10.2. The van der Waals surface area contributed by atoms with Crippen molar-refractivity contribution in [2.75, 3.05) is 38.2 Å². The minimum atomic E-state index is -0.305. The molecule has 2 aromatic rings. The van der Waals surface area contributed by atoms with Crippen molar-refractivity contribution < 1.29 is 13.9 Å². The molecule has 2 heterocycles. The van der Waals surface area contributed by atoms with Gasteiger partial charge in [-0.1, -0.05) is 0 Å². The minimum Gasteiger partial charge on any atom is -0.378 e. The van der Waals surface area contributed by atoms with Gasteiger partial charge in [0.05, 0.1) is 24.2 Å². The van der Waals surface area contributed by atoms with Gasteiger partial charge in [0.1, 0.15) is 5.82 Å². The lowest BCUT2D eigenvalue weighted by Crippen LogP contribution is -2.41. The summed E-state index contributed by atoms with van der Waals surface area (Å²) in [5, 5.41) is 3.06. The smallest absolute Gasteiger partial charge is 0.224 e. The molecule has 0 aliphatic carbocycles. The lowest BCUT2D eigenvalue weighted by atomic mass is 10.3. The molecule has 3 rings (SSSR count). The van der Waals surface area contributed by atoms with Gasteiger partial charge >= 0.3 is 0 Å². The first kappa shape index (κ1) is 13.8. The van der Waals surface area contributed by atoms with Crippen molar-refractivity contribution in [2.24, 2.45) is 0 Å². The Labute approximate surface area is 121 Å². The summed E-state index contributed by atoms with van der Waals surface area (Å²) in [6.45, 7) is 3.01. The molecule has 0 spiro atoms. The summed E-state index contributed by atoms with van der Waals surface area (Å²) in [5.74, 6) is 0.346. The number of rotatable bonds is 4. The second-order valence-electron chi connectivity index (χ2n) is 4.92. The molecular weight excluding hydrogens is 275 g/mol. The lowest BCUT2D eigenvalue weighted by Gasteiger charge is -2.26. The average molecular weight is 292 g/mol. The number of imidazole rings is 1. The van der Waals surface area contributed by atoms with E-state index in [9.17, 15) is 9.18 Å². The maximum Gasteiger partial charge on any atom is 0.224 e. The van der Waals surface area contributed by atoms with Gasteiger partial charge in [0.15, 0.2) is 0 Å². The van der Waals surface area contributed by atoms with E-state index >= 15 is 0 Å². The zero-order chi connectivity index (χ0) is 14.7. The molecule has 1 saturated heterocycles. The van der Waals surface area contributed by atoms with E-state index in [1.165, 1.54) is 12.1 Å². The monoisotopic (exact) mass is 292 g/mol. The number of halogens is 1. The van der Waals surface area contributed by atoms with Crippen LogP contribution in [0, 0.1) is 5.82 Å². The van der Waals surface area contributed by atoms with Gasteiger partial charge in [0.2, 0.25) is 11.9 Å². The van der Waals surface area contributed by atoms with Crippen LogP contribution < -0.4 is 5.32 Å². The van der Waals surface area contributed by atoms with Crippen LogP contribution in [0.4, 0.5) is 10.3 Å². The van der Waals surface area contributed by atoms with Crippen molar-refractivity contribution in [1.82, 2.24) is 14.9 Å². The van der Waals surface area contributed by atoms with E-state index in [1.807, 2.05) is 0 Å². The number of aromatic amines is 1. The van der Waals surface area contributed by atoms with Gasteiger partial charge in [-0.25, -0.2) is 9.37 Å². The molecule has 2 N–H and O–H groups in total. The van der Waals surface area contributed by atoms with Crippen LogP contribution >= 0.6 is 0 Å². The predicted octanol–water partition coefficient (Wildman–Crippen LogP) is 1.36. The molecule has 21 heavy (non-hydrogen) atoms. The Bertz CT molecular complexity index is 637. The van der Waals surface area contributed by atoms with Crippen molar-refractivity contribution in [3.05, 3.63) is 24.0 Å². The third kappa shape index (κ3) is 3.30. The number of ether oxygens (including phenoxy) is 1. The van der Waals surface area contributed by atoms with Crippen molar-refractivity contribution >= 4 is 22.9 Å². The number of carbonyl (C=O) groups is 1. The molecule has 1 aromatic carbocycles. The molecule has 0 radical (unpaired) electrons. The Morgan fingerprint density at radius 1 is 1.43 bits per heavy atom. The lowest BCUT2D eigenvalue weighted by molar-refractivity contribution is -0.134. The van der Waals surface area contributed by atoms with Crippen LogP contribution in [-0.4, -0.2) is 53.6 Å². The maximum atomic E-state index is 13.1. The summed E-state index contributed by atoms with van der Waals surface area (Å²) in [7, 11) is 0. The van der Waals surface area contributed by atoms with Crippen LogP contribution in [0.15, 0.2) is 18.2 Å². The van der Waals surface area contributed by atoms with Crippen LogP contribution in [0.2, 0.25) is 0 Å². The van der Waals surface area contributed by atoms with Gasteiger partial charge in [-0.15, -0.1) is 0 Å². The summed E-state index contributed by atoms with van der Waals surface area (Å²) in [4.78, 5) is 21.0. The highest BCUT2D eigenvalue weighted by atomic mass is 19.1. The fraction of sp³-hybridized carbons (Fsp3) is 0.429. The molecular formula is C14H17FN4O2. The van der Waals surface area contributed by atoms with Crippen LogP contribution in [0.3, 0.4) is 0 Å². The van der Waals surface area contributed by atoms with E-state index in [0.29, 0.717) is 56.3 Å². The number of hydrogen-bond acceptors (Lipinski definition) is 4. The highest BCUT2D eigenvalue weighted by molar-refractivity contribution is 5.78. The summed E-state index contributed by atoms with van der Waals surface area (Å²) in [6.07, 6.45) is 0.394. The third-order valence-electron chi connectivity index (χ3n) is 3.44. The number of nitrogens with zero attached hydrogens (tertiary/aromatic N) is 2. The Balaban J connectivity index is 1.53. The third-order valence-corrected chi connectivity index (χ3v) is 3.44. The van der Waals surface area contributed by atoms with Gasteiger partial charge < -0.3 is 19.9 Å². The summed E-state index contributed by atoms with van der Waals surface area (Å²) in [5.41, 5.74) is 1.33. The second-order valence-corrected chi connectivity index (χ2v) is 4.92. The largest absolute Gasteiger partial charge is 0.378 e. The van der Waals surface area contributed by atoms with Gasteiger partial charge in [-0.3, -0.25) is 4.79 Å². The number of nitrogens with one attached hydrogen (secondary N) is 2. The molecule has 1 amide bonds. The standard InChI is InChI=1S/C14H17FN4O2/c15-10-1-2-11-12(9-10)18-14(17-11)16-4-3-13(20)19-5-7-21-8-6-19/h1-2,9H,3-8H2,(H2,16,17,18). The van der Waals surface area contributed by atoms with E-state index in [-0.39, 0.29) is 11.7 Å². The van der Waals surface area contributed by atoms with Crippen molar-refractivity contribution in [3.8, 4) is 0 Å². The van der Waals surface area contributed by atoms with E-state index < -0.39 is 0 Å². The molecule has 1 aromatic heterocycles. The zero-order valence-electron chi connectivity index (χ0n) is 11.6. The minimum absolute atomic E-state index is 0.105. The molecule has 6 nitrogen and oxygen atoms in total. The van der Waals surface area contributed by atoms with E-state index in [2.05, 4.69) is 15.3 Å². The van der Waals surface area contributed by atoms with Crippen LogP contribution in [0.25, 0.3) is 11.0 Å². The Hall–Kier alpha value is -2.15. The summed E-state index contributed by atoms with van der Waals surface area (Å²) < 4.78 is 18.3. The number of benzene rings is 1. The Morgan fingerprint density at radius 3 is 3.05 bits per heavy atom. The highest BCUT2D eigenvalue weighted by Crippen LogP contribution is 2.15. The number of amides is 1. The van der Waals surface area contributed by atoms with Gasteiger partial charge in [0, 0.05) is 26.1 Å². The molecule has 112 valence electrons. The number of anilines is 1. The molecule has 0 atom stereocenters. The fourth-order valence-corrected chi connectivity index (χ4v) is 2.32. The molecule has 1 fully saturated rings. The van der Waals surface area contributed by atoms with Gasteiger partial charge in [-0.05, 0) is 18.2 Å². The van der Waals surface area contributed by atoms with Gasteiger partial charge in [-0.2, -0.15) is 0 Å².